The Balaban J connectivity index is 1.66. The highest BCUT2D eigenvalue weighted by Gasteiger charge is 2.33. The van der Waals surface area contributed by atoms with Gasteiger partial charge in [0.25, 0.3) is 0 Å². The molecule has 1 atom stereocenters. The smallest absolute Gasteiger partial charge is 0.410 e. The highest BCUT2D eigenvalue weighted by molar-refractivity contribution is 6.30. The van der Waals surface area contributed by atoms with E-state index in [1.807, 2.05) is 63.2 Å². The molecule has 1 saturated heterocycles. The van der Waals surface area contributed by atoms with Gasteiger partial charge in [0.1, 0.15) is 11.4 Å². The van der Waals surface area contributed by atoms with Crippen molar-refractivity contribution >= 4 is 23.5 Å². The highest BCUT2D eigenvalue weighted by Crippen LogP contribution is 2.28. The third-order valence-corrected chi connectivity index (χ3v) is 5.67. The van der Waals surface area contributed by atoms with Crippen LogP contribution in [0, 0.1) is 0 Å². The molecule has 0 spiro atoms. The fourth-order valence-electron chi connectivity index (χ4n) is 3.77. The first-order valence-corrected chi connectivity index (χ1v) is 11.5. The number of amides is 1. The molecule has 0 unspecified atom stereocenters. The van der Waals surface area contributed by atoms with Crippen molar-refractivity contribution in [1.82, 2.24) is 19.9 Å². The lowest BCUT2D eigenvalue weighted by Crippen LogP contribution is -2.57. The molecule has 1 aliphatic heterocycles. The second-order valence-electron chi connectivity index (χ2n) is 9.14. The number of aromatic nitrogens is 3. The van der Waals surface area contributed by atoms with Crippen molar-refractivity contribution in [1.29, 1.82) is 0 Å². The second-order valence-corrected chi connectivity index (χ2v) is 9.58. The Labute approximate surface area is 204 Å². The molecule has 4 rings (SSSR count). The predicted molar refractivity (Wildman–Crippen MR) is 132 cm³/mol. The van der Waals surface area contributed by atoms with Crippen molar-refractivity contribution in [2.45, 2.75) is 32.4 Å². The third-order valence-electron chi connectivity index (χ3n) is 5.42. The van der Waals surface area contributed by atoms with Gasteiger partial charge in [-0.15, -0.1) is 0 Å². The molecule has 1 aromatic carbocycles. The molecule has 0 aliphatic carbocycles. The Morgan fingerprint density at radius 3 is 2.56 bits per heavy atom. The summed E-state index contributed by atoms with van der Waals surface area (Å²) in [6.07, 6.45) is 3.00. The Morgan fingerprint density at radius 1 is 1.15 bits per heavy atom. The molecule has 3 aromatic rings. The normalized spacial score (nSPS) is 16.4. The molecule has 1 N–H and O–H groups in total. The molecule has 1 amide bonds. The molecule has 9 heteroatoms. The van der Waals surface area contributed by atoms with Gasteiger partial charge in [0.15, 0.2) is 5.82 Å². The van der Waals surface area contributed by atoms with Gasteiger partial charge in [-0.25, -0.2) is 14.8 Å². The standard InChI is InChI=1S/C25H28ClN5O3/c1-25(2,3)34-24(33)31-12-11-30(15-20(31)16-32)22-13-21(17-6-8-19(26)9-7-17)28-23(29-22)18-5-4-10-27-14-18/h4-10,13-14,20,32H,11-12,15-16H2,1-3H3/t20-/m0/s1. The van der Waals surface area contributed by atoms with Gasteiger partial charge in [-0.3, -0.25) is 9.88 Å². The van der Waals surface area contributed by atoms with Crippen LogP contribution in [0.1, 0.15) is 20.8 Å². The number of aliphatic hydroxyl groups is 1. The summed E-state index contributed by atoms with van der Waals surface area (Å²) in [6, 6.07) is 12.7. The average Bonchev–Trinajstić information content (AvgIpc) is 2.83. The molecular formula is C25H28ClN5O3. The fourth-order valence-corrected chi connectivity index (χ4v) is 3.90. The van der Waals surface area contributed by atoms with Crippen molar-refractivity contribution in [3.63, 3.8) is 0 Å². The van der Waals surface area contributed by atoms with Gasteiger partial charge in [-0.2, -0.15) is 0 Å². The number of aliphatic hydroxyl groups excluding tert-OH is 1. The maximum atomic E-state index is 12.7. The van der Waals surface area contributed by atoms with Crippen LogP contribution in [0.25, 0.3) is 22.6 Å². The van der Waals surface area contributed by atoms with Crippen LogP contribution in [0.4, 0.5) is 10.6 Å². The number of benzene rings is 1. The Hall–Kier alpha value is -3.23. The first kappa shape index (κ1) is 23.9. The summed E-state index contributed by atoms with van der Waals surface area (Å²) in [5.74, 6) is 1.26. The lowest BCUT2D eigenvalue weighted by atomic mass is 10.1. The van der Waals surface area contributed by atoms with Gasteiger partial charge in [0, 0.05) is 54.2 Å². The van der Waals surface area contributed by atoms with Crippen LogP contribution in [0.5, 0.6) is 0 Å². The average molecular weight is 482 g/mol. The molecular weight excluding hydrogens is 454 g/mol. The van der Waals surface area contributed by atoms with E-state index in [1.165, 1.54) is 0 Å². The maximum Gasteiger partial charge on any atom is 0.410 e. The Kier molecular flexibility index (Phi) is 7.00. The third kappa shape index (κ3) is 5.63. The summed E-state index contributed by atoms with van der Waals surface area (Å²) in [5.41, 5.74) is 1.85. The van der Waals surface area contributed by atoms with Crippen LogP contribution in [-0.4, -0.2) is 68.9 Å². The minimum Gasteiger partial charge on any atom is -0.444 e. The van der Waals surface area contributed by atoms with Crippen LogP contribution in [-0.2, 0) is 4.74 Å². The largest absolute Gasteiger partial charge is 0.444 e. The maximum absolute atomic E-state index is 12.7. The number of halogens is 1. The van der Waals surface area contributed by atoms with Crippen LogP contribution in [0.15, 0.2) is 54.9 Å². The number of nitrogens with zero attached hydrogens (tertiary/aromatic N) is 5. The van der Waals surface area contributed by atoms with Gasteiger partial charge in [0.2, 0.25) is 0 Å². The summed E-state index contributed by atoms with van der Waals surface area (Å²) in [5, 5.41) is 10.7. The number of hydrogen-bond donors (Lipinski definition) is 1. The molecule has 2 aromatic heterocycles. The number of ether oxygens (including phenoxy) is 1. The van der Waals surface area contributed by atoms with E-state index in [9.17, 15) is 9.90 Å². The minimum atomic E-state index is -0.604. The van der Waals surface area contributed by atoms with Gasteiger partial charge in [0.05, 0.1) is 18.3 Å². The molecule has 8 nitrogen and oxygen atoms in total. The van der Waals surface area contributed by atoms with Crippen molar-refractivity contribution < 1.29 is 14.6 Å². The summed E-state index contributed by atoms with van der Waals surface area (Å²) >= 11 is 6.08. The van der Waals surface area contributed by atoms with Crippen LogP contribution in [0.2, 0.25) is 5.02 Å². The van der Waals surface area contributed by atoms with Gasteiger partial charge in [-0.1, -0.05) is 23.7 Å². The van der Waals surface area contributed by atoms with Gasteiger partial charge < -0.3 is 14.7 Å². The number of rotatable bonds is 4. The first-order chi connectivity index (χ1) is 16.2. The molecule has 0 bridgehead atoms. The van der Waals surface area contributed by atoms with E-state index in [0.717, 1.165) is 16.8 Å². The molecule has 1 aliphatic rings. The zero-order valence-corrected chi connectivity index (χ0v) is 20.2. The van der Waals surface area contributed by atoms with Crippen molar-refractivity contribution in [2.24, 2.45) is 0 Å². The number of anilines is 1. The molecule has 0 radical (unpaired) electrons. The zero-order chi connectivity index (χ0) is 24.3. The quantitative estimate of drug-likeness (QED) is 0.594. The van der Waals surface area contributed by atoms with E-state index in [2.05, 4.69) is 9.88 Å². The van der Waals surface area contributed by atoms with Crippen molar-refractivity contribution in [2.75, 3.05) is 31.1 Å². The Bertz CT molecular complexity index is 1140. The van der Waals surface area contributed by atoms with Crippen LogP contribution in [0.3, 0.4) is 0 Å². The predicted octanol–water partition coefficient (Wildman–Crippen LogP) is 4.28. The summed E-state index contributed by atoms with van der Waals surface area (Å²) in [7, 11) is 0. The van der Waals surface area contributed by atoms with Crippen LogP contribution < -0.4 is 4.90 Å². The van der Waals surface area contributed by atoms with Gasteiger partial charge in [-0.05, 0) is 45.0 Å². The highest BCUT2D eigenvalue weighted by atomic mass is 35.5. The van der Waals surface area contributed by atoms with Crippen molar-refractivity contribution in [3.8, 4) is 22.6 Å². The monoisotopic (exact) mass is 481 g/mol. The molecule has 1 fully saturated rings. The van der Waals surface area contributed by atoms with E-state index in [4.69, 9.17) is 26.3 Å². The minimum absolute atomic E-state index is 0.180. The zero-order valence-electron chi connectivity index (χ0n) is 19.5. The number of piperazine rings is 1. The summed E-state index contributed by atoms with van der Waals surface area (Å²) < 4.78 is 5.53. The first-order valence-electron chi connectivity index (χ1n) is 11.1. The topological polar surface area (TPSA) is 91.7 Å². The SMILES string of the molecule is CC(C)(C)OC(=O)N1CCN(c2cc(-c3ccc(Cl)cc3)nc(-c3cccnc3)n2)C[C@H]1CO. The molecule has 3 heterocycles. The lowest BCUT2D eigenvalue weighted by molar-refractivity contribution is 0.00699. The number of carbonyl (C=O) groups is 1. The molecule has 0 saturated carbocycles. The van der Waals surface area contributed by atoms with Gasteiger partial charge >= 0.3 is 6.09 Å². The van der Waals surface area contributed by atoms with E-state index in [1.54, 1.807) is 17.3 Å². The van der Waals surface area contributed by atoms with E-state index < -0.39 is 17.7 Å². The molecule has 34 heavy (non-hydrogen) atoms. The number of hydrogen-bond acceptors (Lipinski definition) is 7. The van der Waals surface area contributed by atoms with Crippen molar-refractivity contribution in [3.05, 3.63) is 59.9 Å². The van der Waals surface area contributed by atoms with E-state index >= 15 is 0 Å². The summed E-state index contributed by atoms with van der Waals surface area (Å²) in [6.45, 7) is 6.66. The Morgan fingerprint density at radius 2 is 1.91 bits per heavy atom. The second kappa shape index (κ2) is 9.95. The van der Waals surface area contributed by atoms with E-state index in [-0.39, 0.29) is 6.61 Å². The lowest BCUT2D eigenvalue weighted by Gasteiger charge is -2.41. The molecule has 178 valence electrons. The fraction of sp³-hybridized carbons (Fsp3) is 0.360. The van der Waals surface area contributed by atoms with Crippen LogP contribution >= 0.6 is 11.6 Å². The van der Waals surface area contributed by atoms with E-state index in [0.29, 0.717) is 36.3 Å². The number of carbonyl (C=O) groups excluding carboxylic acids is 1. The summed E-state index contributed by atoms with van der Waals surface area (Å²) in [4.78, 5) is 30.1. The number of pyridine rings is 1.